The van der Waals surface area contributed by atoms with Gasteiger partial charge >= 0.3 is 0 Å². The van der Waals surface area contributed by atoms with Crippen LogP contribution >= 0.6 is 0 Å². The number of anilines is 2. The van der Waals surface area contributed by atoms with E-state index in [4.69, 9.17) is 5.73 Å². The van der Waals surface area contributed by atoms with Gasteiger partial charge in [0, 0.05) is 49.5 Å². The molecule has 0 aliphatic carbocycles. The Morgan fingerprint density at radius 2 is 1.74 bits per heavy atom. The second kappa shape index (κ2) is 11.7. The Morgan fingerprint density at radius 3 is 2.34 bits per heavy atom. The molecule has 1 saturated heterocycles. The van der Waals surface area contributed by atoms with Crippen LogP contribution in [0, 0.1) is 6.92 Å². The molecule has 2 amide bonds. The Labute approximate surface area is 223 Å². The highest BCUT2D eigenvalue weighted by Crippen LogP contribution is 2.29. The van der Waals surface area contributed by atoms with Crippen molar-refractivity contribution in [2.75, 3.05) is 30.8 Å². The first-order valence-corrected chi connectivity index (χ1v) is 12.7. The van der Waals surface area contributed by atoms with Gasteiger partial charge < -0.3 is 21.3 Å². The highest BCUT2D eigenvalue weighted by molar-refractivity contribution is 6.08. The molecule has 0 spiro atoms. The number of aryl methyl sites for hydroxylation is 1. The number of aromatic nitrogens is 1. The number of likely N-dealkylation sites (tertiary alicyclic amines) is 1. The fourth-order valence-corrected chi connectivity index (χ4v) is 4.35. The van der Waals surface area contributed by atoms with Crippen molar-refractivity contribution < 1.29 is 9.59 Å². The number of carbonyl (C=O) groups excluding carboxylic acids is 2. The zero-order valence-electron chi connectivity index (χ0n) is 22.2. The summed E-state index contributed by atoms with van der Waals surface area (Å²) >= 11 is 0. The largest absolute Gasteiger partial charge is 0.405 e. The van der Waals surface area contributed by atoms with Gasteiger partial charge in [0.25, 0.3) is 11.8 Å². The van der Waals surface area contributed by atoms with Gasteiger partial charge in [-0.15, -0.1) is 0 Å². The molecular weight excluding hydrogens is 476 g/mol. The van der Waals surface area contributed by atoms with Crippen molar-refractivity contribution in [3.05, 3.63) is 101 Å². The number of nitrogens with one attached hydrogen (secondary N) is 2. The molecule has 8 heteroatoms. The molecule has 0 radical (unpaired) electrons. The lowest BCUT2D eigenvalue weighted by atomic mass is 9.90. The molecule has 0 saturated carbocycles. The van der Waals surface area contributed by atoms with Crippen molar-refractivity contribution in [3.63, 3.8) is 0 Å². The molecule has 2 aromatic carbocycles. The monoisotopic (exact) mass is 510 g/mol. The normalized spacial score (nSPS) is 14.0. The highest BCUT2D eigenvalue weighted by atomic mass is 16.2. The summed E-state index contributed by atoms with van der Waals surface area (Å²) in [5.74, 6) is 0.678. The highest BCUT2D eigenvalue weighted by Gasteiger charge is 2.32. The van der Waals surface area contributed by atoms with Crippen molar-refractivity contribution in [1.29, 1.82) is 0 Å². The number of allylic oxidation sites excluding steroid dienone is 1. The number of amides is 2. The smallest absolute Gasteiger partial charge is 0.257 e. The number of benzene rings is 2. The Kier molecular flexibility index (Phi) is 8.21. The van der Waals surface area contributed by atoms with Crippen molar-refractivity contribution in [1.82, 2.24) is 9.88 Å². The summed E-state index contributed by atoms with van der Waals surface area (Å²) in [5, 5.41) is 6.13. The second-order valence-electron chi connectivity index (χ2n) is 9.71. The van der Waals surface area contributed by atoms with Gasteiger partial charge in [0.15, 0.2) is 0 Å². The van der Waals surface area contributed by atoms with Crippen LogP contribution in [0.2, 0.25) is 0 Å². The van der Waals surface area contributed by atoms with Crippen molar-refractivity contribution in [2.45, 2.75) is 32.7 Å². The number of nitrogens with zero attached hydrogens (tertiary/aromatic N) is 3. The molecule has 1 fully saturated rings. The number of rotatable bonds is 8. The first kappa shape index (κ1) is 26.6. The molecule has 196 valence electrons. The summed E-state index contributed by atoms with van der Waals surface area (Å²) in [6.07, 6.45) is 4.80. The molecule has 0 bridgehead atoms. The molecule has 4 rings (SSSR count). The van der Waals surface area contributed by atoms with E-state index in [1.807, 2.05) is 43.9 Å². The van der Waals surface area contributed by atoms with Crippen LogP contribution < -0.4 is 16.4 Å². The summed E-state index contributed by atoms with van der Waals surface area (Å²) < 4.78 is 0. The molecule has 1 aliphatic rings. The van der Waals surface area contributed by atoms with E-state index in [1.165, 1.54) is 11.8 Å². The summed E-state index contributed by atoms with van der Waals surface area (Å²) in [5.41, 5.74) is 11.0. The minimum atomic E-state index is -0.271. The maximum Gasteiger partial charge on any atom is 0.257 e. The molecule has 1 aromatic heterocycles. The summed E-state index contributed by atoms with van der Waals surface area (Å²) in [4.78, 5) is 36.4. The van der Waals surface area contributed by atoms with Crippen LogP contribution in [0.25, 0.3) is 0 Å². The number of nitrogens with two attached hydrogens (primary N) is 1. The van der Waals surface area contributed by atoms with Gasteiger partial charge in [-0.25, -0.2) is 4.98 Å². The van der Waals surface area contributed by atoms with E-state index in [-0.39, 0.29) is 23.8 Å². The van der Waals surface area contributed by atoms with Crippen LogP contribution in [0.3, 0.4) is 0 Å². The fraction of sp³-hybridized carbons (Fsp3) is 0.267. The maximum absolute atomic E-state index is 13.2. The molecule has 4 N–H and O–H groups in total. The van der Waals surface area contributed by atoms with Crippen LogP contribution in [0.1, 0.15) is 57.2 Å². The van der Waals surface area contributed by atoms with E-state index in [1.54, 1.807) is 43.6 Å². The van der Waals surface area contributed by atoms with E-state index in [2.05, 4.69) is 32.7 Å². The third kappa shape index (κ3) is 6.08. The molecule has 8 nitrogen and oxygen atoms in total. The Balaban J connectivity index is 1.38. The average molecular weight is 511 g/mol. The lowest BCUT2D eigenvalue weighted by Crippen LogP contribution is -2.48. The first-order chi connectivity index (χ1) is 18.3. The summed E-state index contributed by atoms with van der Waals surface area (Å²) in [7, 11) is 1.74. The topological polar surface area (TPSA) is 113 Å². The van der Waals surface area contributed by atoms with Crippen LogP contribution in [0.15, 0.2) is 78.1 Å². The van der Waals surface area contributed by atoms with Crippen molar-refractivity contribution in [3.8, 4) is 0 Å². The maximum atomic E-state index is 13.2. The van der Waals surface area contributed by atoms with E-state index in [0.717, 1.165) is 16.8 Å². The Morgan fingerprint density at radius 1 is 1.05 bits per heavy atom. The minimum Gasteiger partial charge on any atom is -0.405 e. The predicted octanol–water partition coefficient (Wildman–Crippen LogP) is 4.59. The van der Waals surface area contributed by atoms with Crippen LogP contribution in [0.4, 0.5) is 11.5 Å². The molecular formula is C30H34N6O2. The van der Waals surface area contributed by atoms with Crippen LogP contribution in [0.5, 0.6) is 0 Å². The quantitative estimate of drug-likeness (QED) is 0.384. The third-order valence-corrected chi connectivity index (χ3v) is 6.54. The van der Waals surface area contributed by atoms with E-state index in [0.29, 0.717) is 35.7 Å². The van der Waals surface area contributed by atoms with Gasteiger partial charge in [0.05, 0.1) is 11.3 Å². The number of hydrogen-bond donors (Lipinski definition) is 3. The van der Waals surface area contributed by atoms with Gasteiger partial charge in [-0.3, -0.25) is 14.6 Å². The second-order valence-corrected chi connectivity index (χ2v) is 9.71. The van der Waals surface area contributed by atoms with E-state index in [9.17, 15) is 9.59 Å². The van der Waals surface area contributed by atoms with Gasteiger partial charge in [0.1, 0.15) is 5.82 Å². The van der Waals surface area contributed by atoms with Crippen LogP contribution in [-0.2, 0) is 0 Å². The average Bonchev–Trinajstić information content (AvgIpc) is 2.88. The zero-order valence-corrected chi connectivity index (χ0v) is 22.2. The first-order valence-electron chi connectivity index (χ1n) is 12.7. The predicted molar refractivity (Wildman–Crippen MR) is 153 cm³/mol. The Hall–Kier alpha value is -4.46. The minimum absolute atomic E-state index is 0.0485. The lowest BCUT2D eigenvalue weighted by Gasteiger charge is -2.39. The van der Waals surface area contributed by atoms with Crippen molar-refractivity contribution in [2.24, 2.45) is 10.7 Å². The van der Waals surface area contributed by atoms with E-state index < -0.39 is 0 Å². The zero-order chi connectivity index (χ0) is 27.2. The fourth-order valence-electron chi connectivity index (χ4n) is 4.35. The van der Waals surface area contributed by atoms with Gasteiger partial charge in [0.2, 0.25) is 0 Å². The SMILES string of the molecule is CN=C(C=CN)c1ccc(C2CN(C(=O)c3ccc(C)c(NC(=O)c4ccc(NC(C)C)nc4)c3)C2)cc1. The summed E-state index contributed by atoms with van der Waals surface area (Å²) in [6, 6.07) is 17.4. The molecule has 0 atom stereocenters. The third-order valence-electron chi connectivity index (χ3n) is 6.54. The number of carbonyl (C=O) groups is 2. The van der Waals surface area contributed by atoms with Crippen LogP contribution in [-0.4, -0.2) is 53.6 Å². The summed E-state index contributed by atoms with van der Waals surface area (Å²) in [6.45, 7) is 7.25. The lowest BCUT2D eigenvalue weighted by molar-refractivity contribution is 0.0602. The molecule has 3 aromatic rings. The molecule has 1 aliphatic heterocycles. The van der Waals surface area contributed by atoms with Gasteiger partial charge in [-0.05, 0) is 74.0 Å². The van der Waals surface area contributed by atoms with Crippen molar-refractivity contribution >= 4 is 29.0 Å². The van der Waals surface area contributed by atoms with Gasteiger partial charge in [-0.1, -0.05) is 30.3 Å². The van der Waals surface area contributed by atoms with E-state index >= 15 is 0 Å². The number of aliphatic imine (C=N–C) groups is 1. The van der Waals surface area contributed by atoms with Gasteiger partial charge in [-0.2, -0.15) is 0 Å². The molecule has 0 unspecified atom stereocenters. The molecule has 2 heterocycles. The number of pyridine rings is 1. The standard InChI is InChI=1S/C30H34N6O2/c1-19(2)34-28-12-11-24(16-33-28)29(37)35-27-15-23(6-5-20(27)3)30(38)36-17-25(18-36)21-7-9-22(10-8-21)26(32-4)13-14-31/h5-16,19,25H,17-18,31H2,1-4H3,(H,33,34)(H,35,37). The Bertz CT molecular complexity index is 1350. The molecule has 38 heavy (non-hydrogen) atoms. The number of hydrogen-bond acceptors (Lipinski definition) is 6.